The third kappa shape index (κ3) is 24.6. The fourth-order valence-electron chi connectivity index (χ4n) is 7.27. The molecule has 0 radical (unpaired) electrons. The van der Waals surface area contributed by atoms with Crippen molar-refractivity contribution in [2.75, 3.05) is 80.4 Å². The predicted octanol–water partition coefficient (Wildman–Crippen LogP) is 5.42. The second kappa shape index (κ2) is 35.1. The van der Waals surface area contributed by atoms with Gasteiger partial charge in [0.2, 0.25) is 6.19 Å². The molecule has 9 rings (SSSR count). The average Bonchev–Trinajstić information content (AvgIpc) is 4.52. The summed E-state index contributed by atoms with van der Waals surface area (Å²) in [5.41, 5.74) is 1.99. The molecule has 0 atom stereocenters. The highest BCUT2D eigenvalue weighted by molar-refractivity contribution is 8.14. The van der Waals surface area contributed by atoms with E-state index in [9.17, 15) is 40.5 Å². The van der Waals surface area contributed by atoms with Gasteiger partial charge in [-0.1, -0.05) is 81.9 Å². The summed E-state index contributed by atoms with van der Waals surface area (Å²) in [5, 5.41) is 70.2. The first kappa shape index (κ1) is 68.3. The molecule has 9 heterocycles. The van der Waals surface area contributed by atoms with E-state index in [1.165, 1.54) is 41.1 Å². The van der Waals surface area contributed by atoms with E-state index in [-0.39, 0.29) is 31.3 Å². The van der Waals surface area contributed by atoms with Crippen LogP contribution in [0.3, 0.4) is 0 Å². The molecule has 456 valence electrons. The highest BCUT2D eigenvalue weighted by Crippen LogP contribution is 2.24. The number of hydrazone groups is 4. The van der Waals surface area contributed by atoms with Crippen molar-refractivity contribution in [1.29, 1.82) is 5.26 Å². The van der Waals surface area contributed by atoms with Crippen molar-refractivity contribution in [3.63, 3.8) is 0 Å². The Labute approximate surface area is 524 Å². The third-order valence-electron chi connectivity index (χ3n) is 10.6. The van der Waals surface area contributed by atoms with Gasteiger partial charge >= 0.3 is 0 Å². The number of aromatic nitrogens is 5. The molecule has 5 aromatic heterocycles. The fourth-order valence-corrected chi connectivity index (χ4v) is 11.3. The molecule has 0 amide bonds. The molecule has 4 aliphatic rings. The lowest BCUT2D eigenvalue weighted by molar-refractivity contribution is -0.486. The molecule has 43 heteroatoms. The Balaban J connectivity index is 0.000000195. The number of hydrogen-bond acceptors (Lipinski definition) is 21. The Morgan fingerprint density at radius 1 is 0.671 bits per heavy atom. The zero-order valence-electron chi connectivity index (χ0n) is 44.9. The van der Waals surface area contributed by atoms with Crippen LogP contribution >= 0.6 is 104 Å². The van der Waals surface area contributed by atoms with E-state index in [2.05, 4.69) is 71.2 Å². The summed E-state index contributed by atoms with van der Waals surface area (Å²) in [6, 6.07) is 7.21. The van der Waals surface area contributed by atoms with Gasteiger partial charge in [0.05, 0.1) is 33.0 Å². The number of rotatable bonds is 14. The third-order valence-corrected chi connectivity index (χ3v) is 15.3. The first-order valence-corrected chi connectivity index (χ1v) is 29.3. The standard InChI is InChI=1S/C10H9ClN4S.C9H13ClN6O2S.C9H10ClN5O2.C8H10ClN5O3S.C6H8ClN5O2S/c11-9-2-1-8(5-13-9)6-15-3-4-16-10(15)14-7-12;1-13-5-14(2)9(12-16(17)18)15(6-13)4-7-3-11-8(10)19-7;10-8-2-1-7(5-12-8)6-14-4-3-11-9(14)13-15(16)17;1-12-4-17-5-13(8(12)11-14(15)16)3-6-2-10-7(9)18-6;1-8-6(11-12(13)14)10-3-4-2-9-5(7)15-4/h1-2,5H,3-4,6H2;3H,4-6H2,1-2H3;1-2,5H,3-4,6H2,(H,11,13);2H,3-5H2,1H3;2H,3H2,1H3,(H2,8,10,11)/b;12-9+;;11-8+;. The van der Waals surface area contributed by atoms with Gasteiger partial charge in [0.15, 0.2) is 38.7 Å². The van der Waals surface area contributed by atoms with Gasteiger partial charge in [-0.3, -0.25) is 4.90 Å². The van der Waals surface area contributed by atoms with Gasteiger partial charge in [-0.25, -0.2) is 65.4 Å². The van der Waals surface area contributed by atoms with Crippen LogP contribution in [-0.4, -0.2) is 189 Å². The number of nitriles is 1. The summed E-state index contributed by atoms with van der Waals surface area (Å²) in [6.07, 6.45) is 10.1. The SMILES string of the molecule is CN/C(=N\[N+](=O)[O-])NCc1cnc(Cl)s1.CN1CN(C)/C(=N\[N+](=O)[O-])N(Cc2cnc(Cl)s2)C1.CN1COCN(Cc2cnc(Cl)s2)/C1=N/[N+](=O)[O-].N#CN=C1SCCN1Cc1ccc(Cl)nc1.O=[N+]([O-])/N=C1\NCCN1Cc1ccc(Cl)nc1. The van der Waals surface area contributed by atoms with Crippen molar-refractivity contribution in [3.05, 3.63) is 145 Å². The second-order valence-corrected chi connectivity index (χ2v) is 23.9. The number of thioether (sulfide) groups is 1. The molecule has 0 spiro atoms. The normalized spacial score (nSPS) is 17.0. The molecule has 34 nitrogen and oxygen atoms in total. The van der Waals surface area contributed by atoms with Crippen molar-refractivity contribution in [3.8, 4) is 6.19 Å². The zero-order chi connectivity index (χ0) is 62.0. The van der Waals surface area contributed by atoms with Gasteiger partial charge in [0, 0.05) is 105 Å². The number of thiazole rings is 3. The van der Waals surface area contributed by atoms with Crippen molar-refractivity contribution >= 4 is 133 Å². The van der Waals surface area contributed by atoms with Crippen LogP contribution in [0.25, 0.3) is 0 Å². The molecule has 5 aromatic rings. The van der Waals surface area contributed by atoms with E-state index in [1.807, 2.05) is 35.2 Å². The summed E-state index contributed by atoms with van der Waals surface area (Å²) in [5.74, 6) is 1.94. The number of amidine groups is 1. The number of halogens is 5. The van der Waals surface area contributed by atoms with Crippen LogP contribution in [-0.2, 0) is 37.5 Å². The largest absolute Gasteiger partial charge is 0.354 e. The Bertz CT molecular complexity index is 3230. The predicted molar refractivity (Wildman–Crippen MR) is 323 cm³/mol. The van der Waals surface area contributed by atoms with E-state index >= 15 is 0 Å². The summed E-state index contributed by atoms with van der Waals surface area (Å²) in [4.78, 5) is 80.3. The van der Waals surface area contributed by atoms with Crippen LogP contribution < -0.4 is 16.0 Å². The Morgan fingerprint density at radius 3 is 1.71 bits per heavy atom. The van der Waals surface area contributed by atoms with E-state index in [4.69, 9.17) is 68.0 Å². The minimum atomic E-state index is -0.779. The molecule has 4 aliphatic heterocycles. The number of aliphatic imine (C=N–C) groups is 1. The van der Waals surface area contributed by atoms with Gasteiger partial charge in [-0.2, -0.15) is 5.26 Å². The second-order valence-electron chi connectivity index (χ2n) is 16.9. The Morgan fingerprint density at radius 2 is 1.21 bits per heavy atom. The van der Waals surface area contributed by atoms with Crippen LogP contribution in [0, 0.1) is 51.9 Å². The fraction of sp³-hybridized carbons (Fsp3) is 0.405. The molecular weight excluding hydrogens is 1300 g/mol. The van der Waals surface area contributed by atoms with E-state index in [0.717, 1.165) is 49.8 Å². The first-order chi connectivity index (χ1) is 40.6. The molecule has 0 saturated carbocycles. The number of guanidine groups is 4. The quantitative estimate of drug-likeness (QED) is 0.0312. The van der Waals surface area contributed by atoms with Gasteiger partial charge in [0.25, 0.3) is 23.8 Å². The Hall–Kier alpha value is -7.45. The number of pyridine rings is 2. The summed E-state index contributed by atoms with van der Waals surface area (Å²) in [6.45, 7) is 6.43. The molecule has 4 saturated heterocycles. The first-order valence-electron chi connectivity index (χ1n) is 23.9. The summed E-state index contributed by atoms with van der Waals surface area (Å²) in [7, 11) is 6.92. The summed E-state index contributed by atoms with van der Waals surface area (Å²) < 4.78 is 6.61. The highest BCUT2D eigenvalue weighted by Gasteiger charge is 2.29. The van der Waals surface area contributed by atoms with Crippen LogP contribution in [0.15, 0.2) is 80.6 Å². The topological polar surface area (TPSA) is 391 Å². The summed E-state index contributed by atoms with van der Waals surface area (Å²) >= 11 is 34.1. The molecule has 0 aliphatic carbocycles. The van der Waals surface area contributed by atoms with Crippen molar-refractivity contribution in [2.45, 2.75) is 32.7 Å². The molecule has 0 bridgehead atoms. The zero-order valence-corrected chi connectivity index (χ0v) is 52.0. The number of ether oxygens (including phenoxy) is 1. The number of nitro groups is 4. The molecule has 0 unspecified atom stereocenters. The highest BCUT2D eigenvalue weighted by atomic mass is 35.5. The maximum atomic E-state index is 10.6. The monoisotopic (exact) mass is 1350 g/mol. The van der Waals surface area contributed by atoms with Gasteiger partial charge in [0.1, 0.15) is 44.2 Å². The number of nitrogens with one attached hydrogen (secondary N) is 3. The van der Waals surface area contributed by atoms with E-state index < -0.39 is 20.1 Å². The van der Waals surface area contributed by atoms with Crippen LogP contribution in [0.1, 0.15) is 25.8 Å². The van der Waals surface area contributed by atoms with E-state index in [0.29, 0.717) is 82.3 Å². The van der Waals surface area contributed by atoms with Crippen LogP contribution in [0.4, 0.5) is 0 Å². The van der Waals surface area contributed by atoms with Crippen molar-refractivity contribution in [1.82, 2.24) is 75.2 Å². The lowest BCUT2D eigenvalue weighted by Gasteiger charge is -2.39. The minimum Gasteiger partial charge on any atom is -0.354 e. The maximum Gasteiger partial charge on any atom is 0.277 e. The lowest BCUT2D eigenvalue weighted by Crippen LogP contribution is -2.55. The number of hydrogen-bond donors (Lipinski definition) is 3. The molecule has 0 aromatic carbocycles. The Kier molecular flexibility index (Phi) is 28.2. The molecule has 4 fully saturated rings. The van der Waals surface area contributed by atoms with Crippen LogP contribution in [0.5, 0.6) is 0 Å². The molecule has 3 N–H and O–H groups in total. The minimum absolute atomic E-state index is 0.0875. The smallest absolute Gasteiger partial charge is 0.277 e. The average molecular weight is 1350 g/mol. The maximum absolute atomic E-state index is 10.6. The number of nitrogens with zero attached hydrogens (tertiary/aromatic N) is 22. The van der Waals surface area contributed by atoms with Gasteiger partial charge in [-0.15, -0.1) is 39.0 Å². The van der Waals surface area contributed by atoms with E-state index in [1.54, 1.807) is 88.6 Å². The van der Waals surface area contributed by atoms with Crippen LogP contribution in [0.2, 0.25) is 23.7 Å². The van der Waals surface area contributed by atoms with Gasteiger partial charge < -0.3 is 50.1 Å². The lowest BCUT2D eigenvalue weighted by atomic mass is 10.3. The molecule has 85 heavy (non-hydrogen) atoms. The van der Waals surface area contributed by atoms with Gasteiger partial charge in [-0.05, 0) is 30.3 Å². The van der Waals surface area contributed by atoms with Crippen molar-refractivity contribution in [2.24, 2.45) is 25.4 Å². The van der Waals surface area contributed by atoms with Crippen molar-refractivity contribution < 1.29 is 24.9 Å². The molecular formula is C42H50Cl5N25O9S4.